The van der Waals surface area contributed by atoms with Gasteiger partial charge in [0.05, 0.1) is 48.6 Å². The van der Waals surface area contributed by atoms with Gasteiger partial charge in [0, 0.05) is 39.6 Å². The zero-order chi connectivity index (χ0) is 59.9. The Hall–Kier alpha value is -9.49. The van der Waals surface area contributed by atoms with Crippen molar-refractivity contribution in [1.82, 2.24) is 9.47 Å². The van der Waals surface area contributed by atoms with Gasteiger partial charge < -0.3 is 43.4 Å². The second kappa shape index (κ2) is 28.2. The molecule has 1 aliphatic heterocycles. The number of aliphatic hydroxyl groups excluding tert-OH is 1. The fraction of sp³-hybridized carbons (Fsp3) is 0.204. The molecule has 26 heteroatoms. The van der Waals surface area contributed by atoms with Crippen molar-refractivity contribution in [3.63, 3.8) is 0 Å². The van der Waals surface area contributed by atoms with Crippen molar-refractivity contribution in [1.29, 1.82) is 0 Å². The summed E-state index contributed by atoms with van der Waals surface area (Å²) in [5, 5.41) is 19.7. The maximum absolute atomic E-state index is 14.2. The van der Waals surface area contributed by atoms with Crippen LogP contribution in [0.5, 0.6) is 17.2 Å². The molecule has 0 saturated carbocycles. The highest BCUT2D eigenvalue weighted by molar-refractivity contribution is 6.24. The van der Waals surface area contributed by atoms with Crippen molar-refractivity contribution < 1.29 is 102 Å². The number of hydrogen-bond donors (Lipinski definition) is 2. The summed E-state index contributed by atoms with van der Waals surface area (Å²) >= 11 is 0. The van der Waals surface area contributed by atoms with Crippen LogP contribution in [0.2, 0.25) is 0 Å². The third-order valence-corrected chi connectivity index (χ3v) is 10.1. The lowest BCUT2D eigenvalue weighted by Crippen LogP contribution is -2.22. The molecule has 16 nitrogen and oxygen atoms in total. The number of aromatic nitrogens is 1. The Morgan fingerprint density at radius 1 is 0.650 bits per heavy atom. The summed E-state index contributed by atoms with van der Waals surface area (Å²) in [6, 6.07) is 13.5. The fourth-order valence-corrected chi connectivity index (χ4v) is 6.67. The molecule has 0 spiro atoms. The molecule has 0 bridgehead atoms. The zero-order valence-electron chi connectivity index (χ0n) is 42.9. The number of hydrogen-bond acceptors (Lipinski definition) is 15. The van der Waals surface area contributed by atoms with E-state index in [1.165, 1.54) is 74.8 Å². The van der Waals surface area contributed by atoms with Gasteiger partial charge in [0.1, 0.15) is 39.4 Å². The predicted octanol–water partition coefficient (Wildman–Crippen LogP) is 10.7. The summed E-state index contributed by atoms with van der Waals surface area (Å²) in [5.74, 6) is -24.3. The van der Waals surface area contributed by atoms with E-state index in [2.05, 4.69) is 14.5 Å². The Labute approximate surface area is 447 Å². The van der Waals surface area contributed by atoms with Crippen molar-refractivity contribution in [2.75, 3.05) is 40.5 Å². The van der Waals surface area contributed by atoms with Gasteiger partial charge in [0.25, 0.3) is 0 Å². The number of carbonyl (C=O) groups is 5. The van der Waals surface area contributed by atoms with E-state index in [1.54, 1.807) is 38.1 Å². The van der Waals surface area contributed by atoms with Crippen LogP contribution < -0.4 is 10.2 Å². The number of rotatable bonds is 13. The topological polar surface area (TPSA) is 210 Å². The maximum atomic E-state index is 14.2. The van der Waals surface area contributed by atoms with Crippen LogP contribution in [0.1, 0.15) is 60.9 Å². The number of nitrogens with zero attached hydrogens (tertiary/aromatic N) is 3. The molecule has 1 aliphatic rings. The first kappa shape index (κ1) is 63.0. The summed E-state index contributed by atoms with van der Waals surface area (Å²) in [4.78, 5) is 75.5. The summed E-state index contributed by atoms with van der Waals surface area (Å²) in [7, 11) is 2.93. The maximum Gasteiger partial charge on any atom is 0.343 e. The largest absolute Gasteiger partial charge is 0.506 e. The number of aliphatic hydroxyl groups is 1. The summed E-state index contributed by atoms with van der Waals surface area (Å²) < 4.78 is 161. The average Bonchev–Trinajstić information content (AvgIpc) is 3.45. The highest BCUT2D eigenvalue weighted by Gasteiger charge is 2.31. The number of ether oxygens (including phenoxy) is 5. The fourth-order valence-electron chi connectivity index (χ4n) is 6.67. The lowest BCUT2D eigenvalue weighted by atomic mass is 10.0. The van der Waals surface area contributed by atoms with Gasteiger partial charge in [-0.25, -0.2) is 53.9 Å². The molecular formula is C54H45F10N3O13. The number of carbonyl (C=O) groups excluding carboxylic acids is 5. The Morgan fingerprint density at radius 2 is 1.18 bits per heavy atom. The van der Waals surface area contributed by atoms with Gasteiger partial charge >= 0.3 is 23.9 Å². The third kappa shape index (κ3) is 14.7. The number of phenols is 1. The lowest BCUT2D eigenvalue weighted by molar-refractivity contribution is -0.140. The number of benzene rings is 5. The number of halogens is 10. The van der Waals surface area contributed by atoms with Crippen molar-refractivity contribution in [3.8, 4) is 22.9 Å². The normalized spacial score (nSPS) is 11.5. The number of Topliss-reactive ketones (excluding diaryl/α,β-unsaturated/α-hetero) is 1. The smallest absolute Gasteiger partial charge is 0.343 e. The number of aromatic hydroxyl groups is 1. The Balaban J connectivity index is 0.000000246. The van der Waals surface area contributed by atoms with Crippen LogP contribution in [0.15, 0.2) is 100 Å². The molecule has 1 aromatic heterocycles. The molecule has 0 atom stereocenters. The first-order valence-corrected chi connectivity index (χ1v) is 23.1. The van der Waals surface area contributed by atoms with Crippen LogP contribution in [0.25, 0.3) is 22.3 Å². The van der Waals surface area contributed by atoms with E-state index in [4.69, 9.17) is 14.2 Å². The number of fused-ring (bicyclic) bond motifs is 2. The van der Waals surface area contributed by atoms with E-state index in [0.29, 0.717) is 12.3 Å². The minimum absolute atomic E-state index is 0.0102. The van der Waals surface area contributed by atoms with Crippen LogP contribution in [0, 0.1) is 58.2 Å². The zero-order valence-corrected chi connectivity index (χ0v) is 42.9. The molecule has 2 N–H and O–H groups in total. The van der Waals surface area contributed by atoms with Crippen molar-refractivity contribution in [3.05, 3.63) is 175 Å². The van der Waals surface area contributed by atoms with Crippen LogP contribution in [0.3, 0.4) is 0 Å². The third-order valence-electron chi connectivity index (χ3n) is 10.1. The van der Waals surface area contributed by atoms with Gasteiger partial charge in [-0.2, -0.15) is 4.39 Å². The minimum atomic E-state index is -2.16. The molecule has 0 aliphatic carbocycles. The number of para-hydroxylation sites is 4. The first-order chi connectivity index (χ1) is 37.8. The standard InChI is InChI=1S/C18H13F4NO4.C18H11F2NO4.C14H13F4NO3.C4H8O2/c1-2-27-18(26)10(8-23-12-5-3-4-6-13(12)24)17(25)9-7-11(19)15(21)16(22)14(9)20;1-2-24-18(23)10-8-21-12-5-3-4-6-13(12)25-17-14(20)11(19)7-9(15(17)21)16(10)22;1-4-22-14(21)8(6-19(2)3)13(20)7-5-9(15)11(17)12(18)10(7)16;1-3-6-4(2)5/h3-8,24-25H,2H2,1H3;3-8H,2H2,1H3;5-6H,4H2,1-3H3;3H2,1-2H3/b;;8-6-;. The molecule has 0 unspecified atom stereocenters. The SMILES string of the molecule is CCOC(=O)/C(=C\N(C)C)C(=O)c1cc(F)c(F)c(F)c1F.CCOC(=O)C(C=Nc1ccccc1O)=C(O)c1cc(F)c(F)c(F)c1F.CCOC(=O)c1cn2c3c(c(F)c(F)cc3c1=O)Oc1ccccc1-2.CCOC(C)=O. The molecule has 7 rings (SSSR count). The van der Waals surface area contributed by atoms with Crippen molar-refractivity contribution >= 4 is 58.2 Å². The van der Waals surface area contributed by atoms with E-state index >= 15 is 0 Å². The number of esters is 4. The van der Waals surface area contributed by atoms with Crippen LogP contribution in [0.4, 0.5) is 49.6 Å². The Morgan fingerprint density at radius 3 is 1.73 bits per heavy atom. The van der Waals surface area contributed by atoms with Crippen LogP contribution in [-0.2, 0) is 33.3 Å². The summed E-state index contributed by atoms with van der Waals surface area (Å²) in [5.41, 5.74) is -4.05. The molecule has 0 fully saturated rings. The number of pyridine rings is 1. The highest BCUT2D eigenvalue weighted by Crippen LogP contribution is 2.42. The quantitative estimate of drug-likeness (QED) is 0.00941. The van der Waals surface area contributed by atoms with E-state index < -0.39 is 115 Å². The van der Waals surface area contributed by atoms with Gasteiger partial charge in [-0.3, -0.25) is 19.4 Å². The first-order valence-electron chi connectivity index (χ1n) is 23.1. The minimum Gasteiger partial charge on any atom is -0.506 e. The molecular weight excluding hydrogens is 1090 g/mol. The van der Waals surface area contributed by atoms with Crippen LogP contribution in [-0.4, -0.2) is 96.1 Å². The van der Waals surface area contributed by atoms with E-state index in [1.807, 2.05) is 0 Å². The van der Waals surface area contributed by atoms with Gasteiger partial charge in [-0.1, -0.05) is 24.3 Å². The summed E-state index contributed by atoms with van der Waals surface area (Å²) in [6.07, 6.45) is 3.00. The molecule has 2 heterocycles. The number of ketones is 1. The van der Waals surface area contributed by atoms with Gasteiger partial charge in [0.15, 0.2) is 63.9 Å². The summed E-state index contributed by atoms with van der Waals surface area (Å²) in [6.45, 7) is 8.08. The molecule has 0 amide bonds. The second-order valence-electron chi connectivity index (χ2n) is 15.8. The number of phenolic OH excluding ortho intramolecular Hbond substituents is 1. The van der Waals surface area contributed by atoms with Gasteiger partial charge in [-0.15, -0.1) is 0 Å². The van der Waals surface area contributed by atoms with Crippen LogP contribution >= 0.6 is 0 Å². The monoisotopic (exact) mass is 1130 g/mol. The average molecular weight is 1130 g/mol. The number of aliphatic imine (C=N–C) groups is 1. The molecule has 5 aromatic carbocycles. The Bertz CT molecular complexity index is 3530. The molecule has 0 radical (unpaired) electrons. The second-order valence-corrected chi connectivity index (χ2v) is 15.8. The van der Waals surface area contributed by atoms with E-state index in [-0.39, 0.29) is 77.3 Å². The molecule has 6 aromatic rings. The Kier molecular flexibility index (Phi) is 22.2. The lowest BCUT2D eigenvalue weighted by Gasteiger charge is -2.24. The van der Waals surface area contributed by atoms with Crippen molar-refractivity contribution in [2.24, 2.45) is 4.99 Å². The van der Waals surface area contributed by atoms with Gasteiger partial charge in [-0.05, 0) is 70.2 Å². The molecule has 424 valence electrons. The molecule has 80 heavy (non-hydrogen) atoms. The van der Waals surface area contributed by atoms with Crippen molar-refractivity contribution in [2.45, 2.75) is 34.6 Å². The van der Waals surface area contributed by atoms with E-state index in [9.17, 15) is 82.9 Å². The highest BCUT2D eigenvalue weighted by atomic mass is 19.2. The molecule has 0 saturated heterocycles. The van der Waals surface area contributed by atoms with Gasteiger partial charge in [0.2, 0.25) is 17.0 Å². The predicted molar refractivity (Wildman–Crippen MR) is 266 cm³/mol. The van der Waals surface area contributed by atoms with E-state index in [0.717, 1.165) is 18.5 Å².